The van der Waals surface area contributed by atoms with E-state index in [-0.39, 0.29) is 4.87 Å². The maximum atomic E-state index is 11.4. The number of carbonyl (C=O) groups is 1. The van der Waals surface area contributed by atoms with Crippen molar-refractivity contribution in [1.82, 2.24) is 4.57 Å². The van der Waals surface area contributed by atoms with Crippen LogP contribution in [0.2, 0.25) is 0 Å². The number of thiazole rings is 1. The molecule has 5 heteroatoms. The molecule has 1 amide bonds. The molecular formula is C11H10N2O2S. The lowest BCUT2D eigenvalue weighted by Crippen LogP contribution is -2.18. The average molecular weight is 234 g/mol. The molecule has 0 saturated carbocycles. The summed E-state index contributed by atoms with van der Waals surface area (Å²) in [5, 5.41) is 1.72. The Morgan fingerprint density at radius 2 is 2.12 bits per heavy atom. The van der Waals surface area contributed by atoms with Gasteiger partial charge in [0, 0.05) is 17.1 Å². The van der Waals surface area contributed by atoms with E-state index in [1.54, 1.807) is 34.3 Å². The Morgan fingerprint density at radius 1 is 1.38 bits per heavy atom. The zero-order valence-electron chi connectivity index (χ0n) is 8.42. The third-order valence-electron chi connectivity index (χ3n) is 2.27. The molecule has 0 aliphatic carbocycles. The molecule has 0 aliphatic heterocycles. The van der Waals surface area contributed by atoms with E-state index >= 15 is 0 Å². The van der Waals surface area contributed by atoms with Gasteiger partial charge in [0.15, 0.2) is 0 Å². The fourth-order valence-electron chi connectivity index (χ4n) is 1.49. The van der Waals surface area contributed by atoms with Gasteiger partial charge in [-0.25, -0.2) is 0 Å². The molecule has 0 bridgehead atoms. The fraction of sp³-hybridized carbons (Fsp3) is 0.0909. The second kappa shape index (κ2) is 4.32. The van der Waals surface area contributed by atoms with Crippen molar-refractivity contribution < 1.29 is 4.79 Å². The zero-order valence-corrected chi connectivity index (χ0v) is 9.24. The van der Waals surface area contributed by atoms with Crippen LogP contribution in [0.4, 0.5) is 0 Å². The smallest absolute Gasteiger partial charge is 0.307 e. The zero-order chi connectivity index (χ0) is 11.5. The predicted molar refractivity (Wildman–Crippen MR) is 62.6 cm³/mol. The summed E-state index contributed by atoms with van der Waals surface area (Å²) in [4.78, 5) is 22.5. The van der Waals surface area contributed by atoms with E-state index in [2.05, 4.69) is 0 Å². The van der Waals surface area contributed by atoms with Gasteiger partial charge in [0.2, 0.25) is 5.91 Å². The van der Waals surface area contributed by atoms with E-state index in [9.17, 15) is 9.59 Å². The highest BCUT2D eigenvalue weighted by atomic mass is 32.1. The molecule has 0 atom stereocenters. The number of primary amides is 1. The van der Waals surface area contributed by atoms with Crippen molar-refractivity contribution in [2.24, 2.45) is 5.73 Å². The number of rotatable bonds is 3. The lowest BCUT2D eigenvalue weighted by molar-refractivity contribution is 0.0999. The first kappa shape index (κ1) is 10.6. The van der Waals surface area contributed by atoms with Crippen LogP contribution in [0.25, 0.3) is 0 Å². The molecule has 16 heavy (non-hydrogen) atoms. The molecule has 0 radical (unpaired) electrons. The van der Waals surface area contributed by atoms with Crippen LogP contribution in [-0.4, -0.2) is 10.5 Å². The third kappa shape index (κ3) is 2.04. The third-order valence-corrected chi connectivity index (χ3v) is 2.96. The summed E-state index contributed by atoms with van der Waals surface area (Å²) in [6.07, 6.45) is 1.70. The summed E-state index contributed by atoms with van der Waals surface area (Å²) in [5.74, 6) is -0.473. The predicted octanol–water partition coefficient (Wildman–Crippen LogP) is 1.06. The Bertz CT molecular complexity index is 571. The fourth-order valence-corrected chi connectivity index (χ4v) is 2.07. The van der Waals surface area contributed by atoms with Crippen molar-refractivity contribution in [2.75, 3.05) is 0 Å². The molecule has 1 aromatic heterocycles. The second-order valence-electron chi connectivity index (χ2n) is 3.32. The first-order valence-corrected chi connectivity index (χ1v) is 5.58. The van der Waals surface area contributed by atoms with Gasteiger partial charge in [0.25, 0.3) is 0 Å². The molecule has 0 aliphatic rings. The van der Waals surface area contributed by atoms with Crippen molar-refractivity contribution in [3.63, 3.8) is 0 Å². The topological polar surface area (TPSA) is 65.1 Å². The standard InChI is InChI=1S/C11H10N2O2S/c12-10(14)9-4-2-1-3-8(9)7-13-5-6-16-11(13)15/h1-6H,7H2,(H2,12,14). The maximum absolute atomic E-state index is 11.4. The molecular weight excluding hydrogens is 224 g/mol. The van der Waals surface area contributed by atoms with Gasteiger partial charge < -0.3 is 10.3 Å². The van der Waals surface area contributed by atoms with Gasteiger partial charge in [0.05, 0.1) is 6.54 Å². The minimum atomic E-state index is -0.473. The van der Waals surface area contributed by atoms with Crippen molar-refractivity contribution in [2.45, 2.75) is 6.54 Å². The highest BCUT2D eigenvalue weighted by Crippen LogP contribution is 2.09. The summed E-state index contributed by atoms with van der Waals surface area (Å²) in [5.41, 5.74) is 6.48. The van der Waals surface area contributed by atoms with Crippen LogP contribution in [0.15, 0.2) is 40.6 Å². The molecule has 0 saturated heterocycles. The highest BCUT2D eigenvalue weighted by Gasteiger charge is 2.08. The van der Waals surface area contributed by atoms with Crippen LogP contribution in [0, 0.1) is 0 Å². The van der Waals surface area contributed by atoms with Gasteiger partial charge >= 0.3 is 4.87 Å². The summed E-state index contributed by atoms with van der Waals surface area (Å²) < 4.78 is 1.55. The molecule has 4 nitrogen and oxygen atoms in total. The van der Waals surface area contributed by atoms with Gasteiger partial charge in [-0.05, 0) is 11.6 Å². The molecule has 2 aromatic rings. The first-order chi connectivity index (χ1) is 7.68. The van der Waals surface area contributed by atoms with E-state index in [4.69, 9.17) is 5.73 Å². The molecule has 0 fully saturated rings. The average Bonchev–Trinajstić information content (AvgIpc) is 2.65. The SMILES string of the molecule is NC(=O)c1ccccc1Cn1ccsc1=O. The molecule has 2 rings (SSSR count). The van der Waals surface area contributed by atoms with E-state index in [0.717, 1.165) is 16.9 Å². The second-order valence-corrected chi connectivity index (χ2v) is 4.18. The summed E-state index contributed by atoms with van der Waals surface area (Å²) in [7, 11) is 0. The van der Waals surface area contributed by atoms with E-state index in [1.807, 2.05) is 6.07 Å². The van der Waals surface area contributed by atoms with Gasteiger partial charge in [-0.1, -0.05) is 29.5 Å². The molecule has 0 spiro atoms. The number of benzene rings is 1. The first-order valence-electron chi connectivity index (χ1n) is 4.70. The van der Waals surface area contributed by atoms with Crippen molar-refractivity contribution >= 4 is 17.2 Å². The number of hydrogen-bond donors (Lipinski definition) is 1. The van der Waals surface area contributed by atoms with E-state index < -0.39 is 5.91 Å². The minimum Gasteiger partial charge on any atom is -0.366 e. The quantitative estimate of drug-likeness (QED) is 0.862. The maximum Gasteiger partial charge on any atom is 0.307 e. The normalized spacial score (nSPS) is 10.2. The number of nitrogens with zero attached hydrogens (tertiary/aromatic N) is 1. The Kier molecular flexibility index (Phi) is 2.87. The summed E-state index contributed by atoms with van der Waals surface area (Å²) in [6, 6.07) is 7.03. The van der Waals surface area contributed by atoms with Crippen LogP contribution in [0.5, 0.6) is 0 Å². The monoisotopic (exact) mass is 234 g/mol. The van der Waals surface area contributed by atoms with Crippen LogP contribution in [-0.2, 0) is 6.54 Å². The number of hydrogen-bond acceptors (Lipinski definition) is 3. The van der Waals surface area contributed by atoms with Crippen molar-refractivity contribution in [3.05, 3.63) is 56.6 Å². The molecule has 2 N–H and O–H groups in total. The largest absolute Gasteiger partial charge is 0.366 e. The summed E-state index contributed by atoms with van der Waals surface area (Å²) in [6.45, 7) is 0.376. The molecule has 1 aromatic carbocycles. The van der Waals surface area contributed by atoms with Gasteiger partial charge in [-0.3, -0.25) is 9.59 Å². The van der Waals surface area contributed by atoms with Crippen molar-refractivity contribution in [3.8, 4) is 0 Å². The number of aromatic nitrogens is 1. The number of amides is 1. The van der Waals surface area contributed by atoms with E-state index in [1.165, 1.54) is 0 Å². The number of carbonyl (C=O) groups excluding carboxylic acids is 1. The van der Waals surface area contributed by atoms with Crippen LogP contribution in [0.3, 0.4) is 0 Å². The van der Waals surface area contributed by atoms with Gasteiger partial charge in [-0.15, -0.1) is 0 Å². The Labute approximate surface area is 96.0 Å². The van der Waals surface area contributed by atoms with Gasteiger partial charge in [-0.2, -0.15) is 0 Å². The Morgan fingerprint density at radius 3 is 2.75 bits per heavy atom. The molecule has 1 heterocycles. The summed E-state index contributed by atoms with van der Waals surface area (Å²) >= 11 is 1.13. The Balaban J connectivity index is 2.39. The van der Waals surface area contributed by atoms with Crippen LogP contribution >= 0.6 is 11.3 Å². The molecule has 0 unspecified atom stereocenters. The lowest BCUT2D eigenvalue weighted by Gasteiger charge is -2.06. The van der Waals surface area contributed by atoms with E-state index in [0.29, 0.717) is 12.1 Å². The van der Waals surface area contributed by atoms with Crippen LogP contribution in [0.1, 0.15) is 15.9 Å². The van der Waals surface area contributed by atoms with Crippen LogP contribution < -0.4 is 10.6 Å². The highest BCUT2D eigenvalue weighted by molar-refractivity contribution is 7.07. The Hall–Kier alpha value is -1.88. The number of nitrogens with two attached hydrogens (primary N) is 1. The minimum absolute atomic E-state index is 0.0423. The van der Waals surface area contributed by atoms with Gasteiger partial charge in [0.1, 0.15) is 0 Å². The molecule has 82 valence electrons. The van der Waals surface area contributed by atoms with Crippen molar-refractivity contribution in [1.29, 1.82) is 0 Å². The lowest BCUT2D eigenvalue weighted by atomic mass is 10.1.